The molecule has 1 rings (SSSR count). The molecule has 0 bridgehead atoms. The number of aromatic nitrogens is 2. The van der Waals surface area contributed by atoms with Crippen LogP contribution in [0.15, 0.2) is 20.1 Å². The Morgan fingerprint density at radius 1 is 0.462 bits per heavy atom. The molecule has 0 fully saturated rings. The van der Waals surface area contributed by atoms with Crippen molar-refractivity contribution in [3.05, 3.63) is 0 Å². The van der Waals surface area contributed by atoms with Gasteiger partial charge in [-0.05, 0) is 11.8 Å². The van der Waals surface area contributed by atoms with Gasteiger partial charge in [0, 0.05) is 35.3 Å². The van der Waals surface area contributed by atoms with Crippen LogP contribution in [0.25, 0.3) is 0 Å². The first-order valence-electron chi connectivity index (χ1n) is 5.30. The summed E-state index contributed by atoms with van der Waals surface area (Å²) >= 11 is -5.43. The van der Waals surface area contributed by atoms with E-state index in [1.165, 1.54) is 0 Å². The molecule has 2 nitrogen and oxygen atoms in total. The zero-order valence-electron chi connectivity index (χ0n) is 11.1. The number of rotatable bonds is 4. The quantitative estimate of drug-likeness (QED) is 0.201. The lowest BCUT2D eigenvalue weighted by Gasteiger charge is -2.17. The fourth-order valence-electron chi connectivity index (χ4n) is 1.10. The van der Waals surface area contributed by atoms with Crippen LogP contribution >= 0.6 is 47.0 Å². The molecule has 0 aliphatic carbocycles. The smallest absolute Gasteiger partial charge is 0.214 e. The van der Waals surface area contributed by atoms with Crippen LogP contribution in [-0.2, 0) is 0 Å². The highest BCUT2D eigenvalue weighted by Gasteiger charge is 2.42. The van der Waals surface area contributed by atoms with E-state index in [1.807, 2.05) is 0 Å². The minimum absolute atomic E-state index is 1.27. The van der Waals surface area contributed by atoms with E-state index >= 15 is 0 Å². The minimum Gasteiger partial charge on any atom is -0.214 e. The Bertz CT molecular complexity index is 597. The van der Waals surface area contributed by atoms with E-state index < -0.39 is 89.2 Å². The van der Waals surface area contributed by atoms with Crippen molar-refractivity contribution in [1.82, 2.24) is 9.97 Å². The van der Waals surface area contributed by atoms with Gasteiger partial charge in [-0.15, -0.1) is 0 Å². The maximum atomic E-state index is 12.5. The van der Waals surface area contributed by atoms with Gasteiger partial charge in [-0.1, -0.05) is 0 Å². The molecular formula is C8F12N2S4. The molecule has 150 valence electrons. The lowest BCUT2D eigenvalue weighted by Crippen LogP contribution is -2.11. The summed E-state index contributed by atoms with van der Waals surface area (Å²) in [4.78, 5) is 3.68. The normalized spacial score (nSPS) is 14.0. The zero-order chi connectivity index (χ0) is 20.6. The Hall–Kier alpha value is -0.360. The number of nitrogens with zero attached hydrogens (tertiary/aromatic N) is 2. The van der Waals surface area contributed by atoms with Crippen LogP contribution in [0.4, 0.5) is 52.7 Å². The Labute approximate surface area is 152 Å². The molecule has 1 aromatic rings. The van der Waals surface area contributed by atoms with E-state index in [0.717, 1.165) is 0 Å². The van der Waals surface area contributed by atoms with Crippen molar-refractivity contribution in [2.24, 2.45) is 0 Å². The minimum atomic E-state index is -5.34. The van der Waals surface area contributed by atoms with Crippen molar-refractivity contribution in [2.75, 3.05) is 0 Å². The molecule has 18 heteroatoms. The van der Waals surface area contributed by atoms with E-state index in [2.05, 4.69) is 9.97 Å². The van der Waals surface area contributed by atoms with Gasteiger partial charge in [-0.25, -0.2) is 9.97 Å². The molecular weight excluding hydrogens is 480 g/mol. The van der Waals surface area contributed by atoms with Crippen molar-refractivity contribution in [3.8, 4) is 0 Å². The average molecular weight is 480 g/mol. The van der Waals surface area contributed by atoms with Crippen LogP contribution < -0.4 is 0 Å². The van der Waals surface area contributed by atoms with Crippen LogP contribution in [0.2, 0.25) is 0 Å². The van der Waals surface area contributed by atoms with Crippen molar-refractivity contribution in [3.63, 3.8) is 0 Å². The number of thioether (sulfide) groups is 4. The maximum Gasteiger partial charge on any atom is 0.449 e. The molecule has 0 aliphatic heterocycles. The number of hydrogen-bond donors (Lipinski definition) is 0. The van der Waals surface area contributed by atoms with Gasteiger partial charge in [0.05, 0.1) is 4.90 Å². The molecule has 1 aromatic heterocycles. The second-order valence-corrected chi connectivity index (χ2v) is 7.85. The second-order valence-electron chi connectivity index (χ2n) is 3.64. The van der Waals surface area contributed by atoms with Gasteiger partial charge in [0.25, 0.3) is 0 Å². The van der Waals surface area contributed by atoms with E-state index in [9.17, 15) is 52.7 Å². The molecule has 26 heavy (non-hydrogen) atoms. The first kappa shape index (κ1) is 23.7. The Morgan fingerprint density at radius 2 is 0.769 bits per heavy atom. The third-order valence-corrected chi connectivity index (χ3v) is 4.75. The van der Waals surface area contributed by atoms with E-state index in [0.29, 0.717) is 0 Å². The molecule has 0 N–H and O–H groups in total. The van der Waals surface area contributed by atoms with Gasteiger partial charge in [0.1, 0.15) is 10.1 Å². The van der Waals surface area contributed by atoms with Crippen molar-refractivity contribution < 1.29 is 52.7 Å². The van der Waals surface area contributed by atoms with Gasteiger partial charge >= 0.3 is 22.0 Å². The van der Waals surface area contributed by atoms with Crippen molar-refractivity contribution >= 4 is 47.0 Å². The summed E-state index contributed by atoms with van der Waals surface area (Å²) in [7, 11) is 0. The van der Waals surface area contributed by atoms with E-state index in [1.54, 1.807) is 0 Å². The van der Waals surface area contributed by atoms with Gasteiger partial charge in [0.2, 0.25) is 0 Å². The highest BCUT2D eigenvalue weighted by Crippen LogP contribution is 2.51. The van der Waals surface area contributed by atoms with Crippen LogP contribution in [0.1, 0.15) is 0 Å². The SMILES string of the molecule is FC(F)(F)Sc1nc(SC(F)(F)F)c(SC(F)(F)F)c(SC(F)(F)F)n1. The van der Waals surface area contributed by atoms with Gasteiger partial charge < -0.3 is 0 Å². The van der Waals surface area contributed by atoms with Crippen LogP contribution in [-0.4, -0.2) is 32.0 Å². The summed E-state index contributed by atoms with van der Waals surface area (Å²) in [5.74, 6) is 0. The average Bonchev–Trinajstić information content (AvgIpc) is 2.25. The molecule has 0 unspecified atom stereocenters. The van der Waals surface area contributed by atoms with Crippen molar-refractivity contribution in [2.45, 2.75) is 42.1 Å². The van der Waals surface area contributed by atoms with Crippen LogP contribution in [0.3, 0.4) is 0 Å². The molecule has 0 saturated heterocycles. The largest absolute Gasteiger partial charge is 0.449 e. The summed E-state index contributed by atoms with van der Waals surface area (Å²) in [6.07, 6.45) is 0. The van der Waals surface area contributed by atoms with Crippen LogP contribution in [0, 0.1) is 0 Å². The topological polar surface area (TPSA) is 25.8 Å². The van der Waals surface area contributed by atoms with E-state index in [-0.39, 0.29) is 0 Å². The Balaban J connectivity index is 3.57. The monoisotopic (exact) mass is 480 g/mol. The standard InChI is InChI=1S/C8F12N2S4/c9-5(10,11)23-1-2(24-6(12,13)14)21-4(26-8(18,19)20)22-3(1)25-7(15,16)17. The molecule has 0 atom stereocenters. The number of hydrogen-bond acceptors (Lipinski definition) is 6. The van der Waals surface area contributed by atoms with Gasteiger partial charge in [0.15, 0.2) is 5.16 Å². The number of halogens is 12. The fraction of sp³-hybridized carbons (Fsp3) is 0.500. The second kappa shape index (κ2) is 7.94. The lowest BCUT2D eigenvalue weighted by molar-refractivity contribution is -0.0355. The van der Waals surface area contributed by atoms with Gasteiger partial charge in [-0.3, -0.25) is 0 Å². The first-order valence-corrected chi connectivity index (χ1v) is 8.56. The summed E-state index contributed by atoms with van der Waals surface area (Å²) in [5, 5.41) is -5.07. The predicted molar refractivity (Wildman–Crippen MR) is 69.7 cm³/mol. The lowest BCUT2D eigenvalue weighted by atomic mass is 10.7. The summed E-state index contributed by atoms with van der Waals surface area (Å²) in [6, 6.07) is 0. The Kier molecular flexibility index (Phi) is 7.23. The third kappa shape index (κ3) is 9.54. The molecule has 0 radical (unpaired) electrons. The summed E-state index contributed by atoms with van der Waals surface area (Å²) in [5.41, 5.74) is -21.2. The fourth-order valence-corrected chi connectivity index (χ4v) is 3.84. The van der Waals surface area contributed by atoms with E-state index in [4.69, 9.17) is 0 Å². The molecule has 0 aliphatic rings. The summed E-state index contributed by atoms with van der Waals surface area (Å²) in [6.45, 7) is 0. The molecule has 0 spiro atoms. The zero-order valence-corrected chi connectivity index (χ0v) is 14.3. The molecule has 1 heterocycles. The van der Waals surface area contributed by atoms with Crippen LogP contribution in [0.5, 0.6) is 0 Å². The molecule has 0 aromatic carbocycles. The first-order chi connectivity index (χ1) is 11.3. The highest BCUT2D eigenvalue weighted by molar-refractivity contribution is 8.04. The molecule has 0 saturated carbocycles. The molecule has 0 amide bonds. The Morgan fingerprint density at radius 3 is 1.04 bits per heavy atom. The summed E-state index contributed by atoms with van der Waals surface area (Å²) < 4.78 is 149. The van der Waals surface area contributed by atoms with Gasteiger partial charge in [-0.2, -0.15) is 52.7 Å². The predicted octanol–water partition coefficient (Wildman–Crippen LogP) is 6.92. The number of alkyl halides is 12. The third-order valence-electron chi connectivity index (χ3n) is 1.63. The van der Waals surface area contributed by atoms with Crippen molar-refractivity contribution in [1.29, 1.82) is 0 Å². The highest BCUT2D eigenvalue weighted by atomic mass is 32.2. The maximum absolute atomic E-state index is 12.5.